The lowest BCUT2D eigenvalue weighted by Crippen LogP contribution is -2.36. The maximum absolute atomic E-state index is 12.3. The summed E-state index contributed by atoms with van der Waals surface area (Å²) in [5.41, 5.74) is 1.13. The van der Waals surface area contributed by atoms with Gasteiger partial charge in [-0.3, -0.25) is 9.78 Å². The van der Waals surface area contributed by atoms with Gasteiger partial charge in [-0.1, -0.05) is 6.92 Å². The standard InChI is InChI=1S/C16H25N3O.2ClH/c1-13(15-4-3-7-18-11-15)10-16(20)19(2)12-14-5-8-17-9-6-14;;/h5-6,8-9,13,15,18H,3-4,7,10-12H2,1-2H3;2*1H. The number of hydrogen-bond donors (Lipinski definition) is 1. The monoisotopic (exact) mass is 347 g/mol. The van der Waals surface area contributed by atoms with Gasteiger partial charge in [-0.15, -0.1) is 24.8 Å². The van der Waals surface area contributed by atoms with Gasteiger partial charge in [-0.05, 0) is 55.5 Å². The summed E-state index contributed by atoms with van der Waals surface area (Å²) in [4.78, 5) is 18.1. The smallest absolute Gasteiger partial charge is 0.222 e. The van der Waals surface area contributed by atoms with E-state index in [4.69, 9.17) is 0 Å². The number of rotatable bonds is 5. The number of nitrogens with one attached hydrogen (secondary N) is 1. The molecule has 0 bridgehead atoms. The zero-order chi connectivity index (χ0) is 14.4. The van der Waals surface area contributed by atoms with E-state index in [0.717, 1.165) is 18.7 Å². The molecule has 1 saturated heterocycles. The van der Waals surface area contributed by atoms with E-state index in [1.807, 2.05) is 24.1 Å². The molecule has 2 unspecified atom stereocenters. The molecule has 2 heterocycles. The second-order valence-electron chi connectivity index (χ2n) is 5.89. The zero-order valence-electron chi connectivity index (χ0n) is 13.3. The molecular weight excluding hydrogens is 321 g/mol. The van der Waals surface area contributed by atoms with Gasteiger partial charge < -0.3 is 10.2 Å². The summed E-state index contributed by atoms with van der Waals surface area (Å²) in [6, 6.07) is 3.91. The third-order valence-corrected chi connectivity index (χ3v) is 4.23. The maximum atomic E-state index is 12.3. The summed E-state index contributed by atoms with van der Waals surface area (Å²) in [6.45, 7) is 5.05. The summed E-state index contributed by atoms with van der Waals surface area (Å²) in [6.07, 6.45) is 6.66. The molecule has 1 aliphatic rings. The van der Waals surface area contributed by atoms with E-state index < -0.39 is 0 Å². The average molecular weight is 348 g/mol. The molecule has 1 fully saturated rings. The predicted octanol–water partition coefficient (Wildman–Crippen LogP) is 2.91. The molecule has 1 aromatic rings. The van der Waals surface area contributed by atoms with Crippen molar-refractivity contribution in [1.82, 2.24) is 15.2 Å². The van der Waals surface area contributed by atoms with Crippen molar-refractivity contribution in [2.24, 2.45) is 11.8 Å². The molecule has 0 saturated carbocycles. The molecule has 0 aromatic carbocycles. The Bertz CT molecular complexity index is 425. The van der Waals surface area contributed by atoms with E-state index >= 15 is 0 Å². The van der Waals surface area contributed by atoms with Gasteiger partial charge in [-0.25, -0.2) is 0 Å². The Morgan fingerprint density at radius 1 is 1.41 bits per heavy atom. The number of pyridine rings is 1. The largest absolute Gasteiger partial charge is 0.341 e. The van der Waals surface area contributed by atoms with Gasteiger partial charge in [0.25, 0.3) is 0 Å². The van der Waals surface area contributed by atoms with Crippen LogP contribution in [-0.4, -0.2) is 35.9 Å². The van der Waals surface area contributed by atoms with Crippen molar-refractivity contribution < 1.29 is 4.79 Å². The fraction of sp³-hybridized carbons (Fsp3) is 0.625. The molecular formula is C16H27Cl2N3O. The van der Waals surface area contributed by atoms with Crippen molar-refractivity contribution in [3.63, 3.8) is 0 Å². The van der Waals surface area contributed by atoms with Crippen LogP contribution in [-0.2, 0) is 11.3 Å². The van der Waals surface area contributed by atoms with E-state index in [9.17, 15) is 4.79 Å². The van der Waals surface area contributed by atoms with Gasteiger partial charge in [0.1, 0.15) is 0 Å². The molecule has 1 N–H and O–H groups in total. The molecule has 2 atom stereocenters. The fourth-order valence-electron chi connectivity index (χ4n) is 2.81. The summed E-state index contributed by atoms with van der Waals surface area (Å²) in [7, 11) is 1.88. The number of amides is 1. The minimum absolute atomic E-state index is 0. The Morgan fingerprint density at radius 2 is 2.09 bits per heavy atom. The third-order valence-electron chi connectivity index (χ3n) is 4.23. The first-order valence-corrected chi connectivity index (χ1v) is 7.50. The Kier molecular flexibility index (Phi) is 10.4. The second-order valence-corrected chi connectivity index (χ2v) is 5.89. The highest BCUT2D eigenvalue weighted by molar-refractivity contribution is 5.85. The van der Waals surface area contributed by atoms with Crippen LogP contribution in [0.5, 0.6) is 0 Å². The van der Waals surface area contributed by atoms with Crippen molar-refractivity contribution in [1.29, 1.82) is 0 Å². The molecule has 2 rings (SSSR count). The number of carbonyl (C=O) groups excluding carboxylic acids is 1. The average Bonchev–Trinajstić information content (AvgIpc) is 2.49. The molecule has 4 nitrogen and oxygen atoms in total. The highest BCUT2D eigenvalue weighted by Gasteiger charge is 2.23. The molecule has 0 spiro atoms. The van der Waals surface area contributed by atoms with Crippen molar-refractivity contribution in [3.05, 3.63) is 30.1 Å². The number of piperidine rings is 1. The number of hydrogen-bond acceptors (Lipinski definition) is 3. The number of halogens is 2. The lowest BCUT2D eigenvalue weighted by Gasteiger charge is -2.29. The van der Waals surface area contributed by atoms with Gasteiger partial charge in [0.05, 0.1) is 0 Å². The maximum Gasteiger partial charge on any atom is 0.222 e. The van der Waals surface area contributed by atoms with Crippen LogP contribution in [0.3, 0.4) is 0 Å². The minimum atomic E-state index is 0. The predicted molar refractivity (Wildman–Crippen MR) is 94.6 cm³/mol. The SMILES string of the molecule is CC(CC(=O)N(C)Cc1ccncc1)C1CCCNC1.Cl.Cl. The molecule has 126 valence electrons. The van der Waals surface area contributed by atoms with Gasteiger partial charge in [-0.2, -0.15) is 0 Å². The summed E-state index contributed by atoms with van der Waals surface area (Å²) in [5, 5.41) is 3.43. The molecule has 22 heavy (non-hydrogen) atoms. The summed E-state index contributed by atoms with van der Waals surface area (Å²) < 4.78 is 0. The van der Waals surface area contributed by atoms with Crippen LogP contribution in [0.4, 0.5) is 0 Å². The lowest BCUT2D eigenvalue weighted by atomic mass is 9.85. The fourth-order valence-corrected chi connectivity index (χ4v) is 2.81. The summed E-state index contributed by atoms with van der Waals surface area (Å²) >= 11 is 0. The lowest BCUT2D eigenvalue weighted by molar-refractivity contribution is -0.131. The van der Waals surface area contributed by atoms with Gasteiger partial charge in [0, 0.05) is 32.4 Å². The van der Waals surface area contributed by atoms with Crippen LogP contribution < -0.4 is 5.32 Å². The molecule has 1 amide bonds. The van der Waals surface area contributed by atoms with Gasteiger partial charge in [0.2, 0.25) is 5.91 Å². The van der Waals surface area contributed by atoms with Crippen LogP contribution in [0.15, 0.2) is 24.5 Å². The Morgan fingerprint density at radius 3 is 2.68 bits per heavy atom. The highest BCUT2D eigenvalue weighted by atomic mass is 35.5. The number of nitrogens with zero attached hydrogens (tertiary/aromatic N) is 2. The zero-order valence-corrected chi connectivity index (χ0v) is 15.0. The van der Waals surface area contributed by atoms with E-state index in [-0.39, 0.29) is 30.7 Å². The van der Waals surface area contributed by atoms with E-state index in [2.05, 4.69) is 17.2 Å². The topological polar surface area (TPSA) is 45.2 Å². The number of carbonyl (C=O) groups is 1. The molecule has 0 aliphatic carbocycles. The number of aromatic nitrogens is 1. The van der Waals surface area contributed by atoms with E-state index in [1.54, 1.807) is 12.4 Å². The van der Waals surface area contributed by atoms with Crippen LogP contribution in [0.2, 0.25) is 0 Å². The van der Waals surface area contributed by atoms with Crippen LogP contribution in [0, 0.1) is 11.8 Å². The summed E-state index contributed by atoms with van der Waals surface area (Å²) in [5.74, 6) is 1.33. The molecule has 0 radical (unpaired) electrons. The van der Waals surface area contributed by atoms with Crippen LogP contribution >= 0.6 is 24.8 Å². The van der Waals surface area contributed by atoms with Gasteiger partial charge >= 0.3 is 0 Å². The van der Waals surface area contributed by atoms with Gasteiger partial charge in [0.15, 0.2) is 0 Å². The van der Waals surface area contributed by atoms with Crippen LogP contribution in [0.25, 0.3) is 0 Å². The Labute approximate surface area is 145 Å². The van der Waals surface area contributed by atoms with E-state index in [1.165, 1.54) is 12.8 Å². The normalized spacial score (nSPS) is 18.5. The first kappa shape index (κ1) is 21.2. The van der Waals surface area contributed by atoms with Crippen LogP contribution in [0.1, 0.15) is 31.7 Å². The first-order chi connectivity index (χ1) is 9.66. The van der Waals surface area contributed by atoms with Crippen molar-refractivity contribution >= 4 is 30.7 Å². The first-order valence-electron chi connectivity index (χ1n) is 7.50. The third kappa shape index (κ3) is 6.51. The van der Waals surface area contributed by atoms with Crippen molar-refractivity contribution in [2.45, 2.75) is 32.7 Å². The molecule has 6 heteroatoms. The quantitative estimate of drug-likeness (QED) is 0.890. The van der Waals surface area contributed by atoms with E-state index in [0.29, 0.717) is 24.8 Å². The Hall–Kier alpha value is -0.840. The second kappa shape index (κ2) is 10.8. The Balaban J connectivity index is 0.00000220. The highest BCUT2D eigenvalue weighted by Crippen LogP contribution is 2.23. The van der Waals surface area contributed by atoms with Crippen molar-refractivity contribution in [2.75, 3.05) is 20.1 Å². The van der Waals surface area contributed by atoms with Crippen molar-refractivity contribution in [3.8, 4) is 0 Å². The minimum Gasteiger partial charge on any atom is -0.341 e. The molecule has 1 aliphatic heterocycles. The molecule has 1 aromatic heterocycles.